The molecule has 0 aliphatic rings. The molecule has 0 aliphatic carbocycles. The normalized spacial score (nSPS) is 14.4. The van der Waals surface area contributed by atoms with E-state index in [9.17, 15) is 0 Å². The van der Waals surface area contributed by atoms with E-state index in [-0.39, 0.29) is 38.0 Å². The van der Waals surface area contributed by atoms with Crippen LogP contribution in [0, 0.1) is 0 Å². The van der Waals surface area contributed by atoms with Crippen molar-refractivity contribution in [2.45, 2.75) is 12.1 Å². The molecular formula is C4H14Cl2N2O2. The van der Waals surface area contributed by atoms with Crippen LogP contribution in [0.1, 0.15) is 0 Å². The fourth-order valence-corrected chi connectivity index (χ4v) is 0.271. The number of aliphatic hydroxyl groups is 2. The highest BCUT2D eigenvalue weighted by Crippen LogP contribution is 1.81. The second-order valence-corrected chi connectivity index (χ2v) is 1.69. The van der Waals surface area contributed by atoms with E-state index in [2.05, 4.69) is 0 Å². The monoisotopic (exact) mass is 192 g/mol. The second-order valence-electron chi connectivity index (χ2n) is 1.69. The quantitative estimate of drug-likeness (QED) is 0.437. The minimum absolute atomic E-state index is 0. The molecule has 0 heterocycles. The van der Waals surface area contributed by atoms with Crippen molar-refractivity contribution in [3.8, 4) is 0 Å². The summed E-state index contributed by atoms with van der Waals surface area (Å²) >= 11 is 0. The van der Waals surface area contributed by atoms with E-state index in [0.717, 1.165) is 0 Å². The zero-order valence-corrected chi connectivity index (χ0v) is 7.07. The van der Waals surface area contributed by atoms with E-state index in [4.69, 9.17) is 21.7 Å². The van der Waals surface area contributed by atoms with E-state index in [1.165, 1.54) is 0 Å². The molecule has 2 unspecified atom stereocenters. The Kier molecular flexibility index (Phi) is 15.8. The van der Waals surface area contributed by atoms with Crippen LogP contribution in [-0.4, -0.2) is 35.5 Å². The van der Waals surface area contributed by atoms with Crippen LogP contribution in [-0.2, 0) is 0 Å². The van der Waals surface area contributed by atoms with Crippen LogP contribution >= 0.6 is 24.8 Å². The molecule has 0 aromatic heterocycles. The summed E-state index contributed by atoms with van der Waals surface area (Å²) in [6.45, 7) is -0.358. The standard InChI is InChI=1S/C4H12N2O2.2ClH/c5-3(1-7)4(6)2-8;;/h3-4,7-8H,1-2,5-6H2;2*1H. The van der Waals surface area contributed by atoms with E-state index < -0.39 is 12.1 Å². The maximum Gasteiger partial charge on any atom is 0.0598 e. The highest BCUT2D eigenvalue weighted by molar-refractivity contribution is 5.85. The highest BCUT2D eigenvalue weighted by atomic mass is 35.5. The van der Waals surface area contributed by atoms with Crippen molar-refractivity contribution >= 4 is 24.8 Å². The van der Waals surface area contributed by atoms with Gasteiger partial charge in [0.05, 0.1) is 13.2 Å². The predicted octanol–water partition coefficient (Wildman–Crippen LogP) is -1.53. The van der Waals surface area contributed by atoms with Crippen LogP contribution < -0.4 is 11.5 Å². The maximum atomic E-state index is 8.32. The van der Waals surface area contributed by atoms with Gasteiger partial charge in [0.2, 0.25) is 0 Å². The first-order valence-corrected chi connectivity index (χ1v) is 2.45. The predicted molar refractivity (Wildman–Crippen MR) is 44.6 cm³/mol. The van der Waals surface area contributed by atoms with Crippen LogP contribution in [0.5, 0.6) is 0 Å². The third-order valence-electron chi connectivity index (χ3n) is 0.972. The number of rotatable bonds is 3. The van der Waals surface area contributed by atoms with Crippen LogP contribution in [0.3, 0.4) is 0 Å². The van der Waals surface area contributed by atoms with Gasteiger partial charge in [-0.25, -0.2) is 0 Å². The molecule has 0 rings (SSSR count). The average molecular weight is 193 g/mol. The molecule has 0 spiro atoms. The van der Waals surface area contributed by atoms with Gasteiger partial charge in [0.15, 0.2) is 0 Å². The Labute approximate surface area is 72.4 Å². The minimum Gasteiger partial charge on any atom is -0.395 e. The van der Waals surface area contributed by atoms with Gasteiger partial charge in [0.1, 0.15) is 0 Å². The summed E-state index contributed by atoms with van der Waals surface area (Å²) in [7, 11) is 0. The topological polar surface area (TPSA) is 92.5 Å². The lowest BCUT2D eigenvalue weighted by Gasteiger charge is -2.13. The average Bonchev–Trinajstić information content (AvgIpc) is 1.84. The van der Waals surface area contributed by atoms with Crippen molar-refractivity contribution in [1.29, 1.82) is 0 Å². The Balaban J connectivity index is -0.000000245. The number of aliphatic hydroxyl groups excluding tert-OH is 2. The molecule has 2 atom stereocenters. The van der Waals surface area contributed by atoms with Crippen LogP contribution in [0.25, 0.3) is 0 Å². The molecule has 0 radical (unpaired) electrons. The first-order valence-electron chi connectivity index (χ1n) is 2.45. The third kappa shape index (κ3) is 6.54. The van der Waals surface area contributed by atoms with Gasteiger partial charge in [0, 0.05) is 12.1 Å². The summed E-state index contributed by atoms with van der Waals surface area (Å²) in [5.41, 5.74) is 10.4. The molecule has 4 nitrogen and oxygen atoms in total. The molecule has 0 aromatic carbocycles. The number of hydrogen-bond donors (Lipinski definition) is 4. The fraction of sp³-hybridized carbons (Fsp3) is 1.00. The van der Waals surface area contributed by atoms with Gasteiger partial charge < -0.3 is 21.7 Å². The molecule has 0 amide bonds. The van der Waals surface area contributed by atoms with Crippen molar-refractivity contribution in [1.82, 2.24) is 0 Å². The van der Waals surface area contributed by atoms with Crippen molar-refractivity contribution in [2.24, 2.45) is 11.5 Å². The van der Waals surface area contributed by atoms with Crippen molar-refractivity contribution < 1.29 is 10.2 Å². The van der Waals surface area contributed by atoms with Crippen LogP contribution in [0.2, 0.25) is 0 Å². The zero-order valence-electron chi connectivity index (χ0n) is 5.43. The summed E-state index contributed by atoms with van der Waals surface area (Å²) in [5, 5.41) is 16.6. The highest BCUT2D eigenvalue weighted by Gasteiger charge is 2.08. The van der Waals surface area contributed by atoms with E-state index in [0.29, 0.717) is 0 Å². The molecule has 0 aliphatic heterocycles. The second kappa shape index (κ2) is 9.42. The van der Waals surface area contributed by atoms with Gasteiger partial charge in [-0.1, -0.05) is 0 Å². The smallest absolute Gasteiger partial charge is 0.0598 e. The molecule has 6 N–H and O–H groups in total. The maximum absolute atomic E-state index is 8.32. The molecule has 0 aromatic rings. The SMILES string of the molecule is Cl.Cl.NC(CO)C(N)CO. The van der Waals surface area contributed by atoms with Gasteiger partial charge in [0.25, 0.3) is 0 Å². The Morgan fingerprint density at radius 1 is 0.900 bits per heavy atom. The van der Waals surface area contributed by atoms with E-state index in [1.54, 1.807) is 0 Å². The summed E-state index contributed by atoms with van der Waals surface area (Å²) < 4.78 is 0. The molecule has 0 saturated heterocycles. The van der Waals surface area contributed by atoms with Crippen molar-refractivity contribution in [3.05, 3.63) is 0 Å². The molecule has 10 heavy (non-hydrogen) atoms. The van der Waals surface area contributed by atoms with Gasteiger partial charge in [-0.05, 0) is 0 Å². The zero-order chi connectivity index (χ0) is 6.57. The third-order valence-corrected chi connectivity index (χ3v) is 0.972. The number of hydrogen-bond acceptors (Lipinski definition) is 4. The lowest BCUT2D eigenvalue weighted by atomic mass is 10.2. The summed E-state index contributed by atoms with van der Waals surface area (Å²) in [6.07, 6.45) is 0. The lowest BCUT2D eigenvalue weighted by Crippen LogP contribution is -2.46. The molecule has 66 valence electrons. The summed E-state index contributed by atoms with van der Waals surface area (Å²) in [5.74, 6) is 0. The Hall–Kier alpha value is 0.420. The van der Waals surface area contributed by atoms with Crippen molar-refractivity contribution in [2.75, 3.05) is 13.2 Å². The molecular weight excluding hydrogens is 179 g/mol. The molecule has 0 bridgehead atoms. The summed E-state index contributed by atoms with van der Waals surface area (Å²) in [6, 6.07) is -1.00. The minimum atomic E-state index is -0.500. The van der Waals surface area contributed by atoms with Crippen LogP contribution in [0.4, 0.5) is 0 Å². The van der Waals surface area contributed by atoms with E-state index >= 15 is 0 Å². The molecule has 0 saturated carbocycles. The van der Waals surface area contributed by atoms with Gasteiger partial charge in [-0.2, -0.15) is 0 Å². The first-order chi connectivity index (χ1) is 3.72. The largest absolute Gasteiger partial charge is 0.395 e. The van der Waals surface area contributed by atoms with Gasteiger partial charge in [-0.15, -0.1) is 24.8 Å². The number of nitrogens with two attached hydrogens (primary N) is 2. The fourth-order valence-electron chi connectivity index (χ4n) is 0.271. The Bertz CT molecular complexity index is 59.2. The van der Waals surface area contributed by atoms with Crippen LogP contribution in [0.15, 0.2) is 0 Å². The first kappa shape index (κ1) is 16.8. The van der Waals surface area contributed by atoms with Gasteiger partial charge in [-0.3, -0.25) is 0 Å². The van der Waals surface area contributed by atoms with E-state index in [1.807, 2.05) is 0 Å². The Morgan fingerprint density at radius 3 is 1.20 bits per heavy atom. The van der Waals surface area contributed by atoms with Gasteiger partial charge >= 0.3 is 0 Å². The lowest BCUT2D eigenvalue weighted by molar-refractivity contribution is 0.199. The number of halogens is 2. The summed E-state index contributed by atoms with van der Waals surface area (Å²) in [4.78, 5) is 0. The Morgan fingerprint density at radius 2 is 1.10 bits per heavy atom. The molecule has 6 heteroatoms. The van der Waals surface area contributed by atoms with Crippen molar-refractivity contribution in [3.63, 3.8) is 0 Å². The molecule has 0 fully saturated rings.